The Morgan fingerprint density at radius 3 is 2.43 bits per heavy atom. The van der Waals surface area contributed by atoms with Crippen molar-refractivity contribution >= 4 is 5.91 Å². The third kappa shape index (κ3) is 2.51. The molecule has 2 aromatic carbocycles. The van der Waals surface area contributed by atoms with Gasteiger partial charge in [-0.1, -0.05) is 42.5 Å². The van der Waals surface area contributed by atoms with E-state index in [4.69, 9.17) is 5.73 Å². The van der Waals surface area contributed by atoms with E-state index in [0.29, 0.717) is 5.56 Å². The van der Waals surface area contributed by atoms with Crippen LogP contribution in [0.25, 0.3) is 22.4 Å². The largest absolute Gasteiger partial charge is 0.366 e. The van der Waals surface area contributed by atoms with E-state index in [9.17, 15) is 4.79 Å². The number of hydrogen-bond donors (Lipinski definition) is 1. The first-order valence-corrected chi connectivity index (χ1v) is 6.52. The van der Waals surface area contributed by atoms with Crippen LogP contribution in [-0.4, -0.2) is 15.9 Å². The maximum atomic E-state index is 11.8. The Labute approximate surface area is 122 Å². The smallest absolute Gasteiger partial charge is 0.249 e. The maximum Gasteiger partial charge on any atom is 0.249 e. The van der Waals surface area contributed by atoms with Crippen molar-refractivity contribution in [3.05, 3.63) is 72.7 Å². The summed E-state index contributed by atoms with van der Waals surface area (Å²) in [4.78, 5) is 20.0. The number of benzene rings is 2. The van der Waals surface area contributed by atoms with E-state index in [1.165, 1.54) is 6.33 Å². The molecule has 4 nitrogen and oxygen atoms in total. The normalized spacial score (nSPS) is 10.3. The van der Waals surface area contributed by atoms with Crippen LogP contribution in [0.1, 0.15) is 10.4 Å². The molecule has 0 saturated carbocycles. The van der Waals surface area contributed by atoms with Crippen molar-refractivity contribution in [1.82, 2.24) is 9.97 Å². The second-order valence-electron chi connectivity index (χ2n) is 4.55. The number of rotatable bonds is 3. The molecule has 1 heterocycles. The molecule has 1 aromatic heterocycles. The monoisotopic (exact) mass is 275 g/mol. The fraction of sp³-hybridized carbons (Fsp3) is 0. The van der Waals surface area contributed by atoms with Crippen LogP contribution < -0.4 is 5.73 Å². The molecule has 102 valence electrons. The summed E-state index contributed by atoms with van der Waals surface area (Å²) in [5, 5.41) is 0. The molecule has 0 saturated heterocycles. The van der Waals surface area contributed by atoms with E-state index in [-0.39, 0.29) is 0 Å². The number of carbonyl (C=O) groups excluding carboxylic acids is 1. The zero-order valence-corrected chi connectivity index (χ0v) is 11.2. The number of primary amides is 1. The lowest BCUT2D eigenvalue weighted by atomic mass is 9.92. The van der Waals surface area contributed by atoms with Crippen LogP contribution in [0, 0.1) is 0 Å². The van der Waals surface area contributed by atoms with Crippen molar-refractivity contribution in [3.8, 4) is 22.4 Å². The number of nitrogens with two attached hydrogens (primary N) is 1. The zero-order valence-electron chi connectivity index (χ0n) is 11.2. The van der Waals surface area contributed by atoms with Gasteiger partial charge in [-0.2, -0.15) is 0 Å². The second kappa shape index (κ2) is 5.54. The van der Waals surface area contributed by atoms with Crippen molar-refractivity contribution in [2.24, 2.45) is 5.73 Å². The Bertz CT molecular complexity index is 771. The van der Waals surface area contributed by atoms with E-state index < -0.39 is 5.91 Å². The van der Waals surface area contributed by atoms with Crippen LogP contribution in [0.15, 0.2) is 67.1 Å². The fourth-order valence-electron chi connectivity index (χ4n) is 2.34. The average molecular weight is 275 g/mol. The van der Waals surface area contributed by atoms with Gasteiger partial charge in [0.05, 0.1) is 5.69 Å². The Morgan fingerprint density at radius 2 is 1.76 bits per heavy atom. The maximum absolute atomic E-state index is 11.8. The molecule has 21 heavy (non-hydrogen) atoms. The SMILES string of the molecule is NC(=O)c1cccc(-c2ccncn2)c1-c1ccccc1. The minimum atomic E-state index is -0.454. The Morgan fingerprint density at radius 1 is 0.952 bits per heavy atom. The third-order valence-electron chi connectivity index (χ3n) is 3.25. The molecule has 3 rings (SSSR count). The molecule has 3 aromatic rings. The van der Waals surface area contributed by atoms with Gasteiger partial charge in [-0.05, 0) is 17.7 Å². The summed E-state index contributed by atoms with van der Waals surface area (Å²) in [5.41, 5.74) is 9.35. The van der Waals surface area contributed by atoms with E-state index >= 15 is 0 Å². The summed E-state index contributed by atoms with van der Waals surface area (Å²) in [7, 11) is 0. The Kier molecular flexibility index (Phi) is 3.43. The molecule has 2 N–H and O–H groups in total. The molecule has 0 bridgehead atoms. The highest BCUT2D eigenvalue weighted by Gasteiger charge is 2.15. The lowest BCUT2D eigenvalue weighted by molar-refractivity contribution is 0.100. The van der Waals surface area contributed by atoms with Crippen LogP contribution in [0.4, 0.5) is 0 Å². The van der Waals surface area contributed by atoms with Gasteiger partial charge in [-0.15, -0.1) is 0 Å². The van der Waals surface area contributed by atoms with Gasteiger partial charge >= 0.3 is 0 Å². The molecule has 0 aliphatic rings. The molecule has 0 aliphatic heterocycles. The lowest BCUT2D eigenvalue weighted by Gasteiger charge is -2.13. The minimum Gasteiger partial charge on any atom is -0.366 e. The number of amides is 1. The zero-order chi connectivity index (χ0) is 14.7. The molecular formula is C17H13N3O. The molecular weight excluding hydrogens is 262 g/mol. The molecule has 0 aliphatic carbocycles. The molecule has 0 spiro atoms. The topological polar surface area (TPSA) is 68.9 Å². The van der Waals surface area contributed by atoms with Crippen molar-refractivity contribution < 1.29 is 4.79 Å². The highest BCUT2D eigenvalue weighted by atomic mass is 16.1. The number of hydrogen-bond acceptors (Lipinski definition) is 3. The fourth-order valence-corrected chi connectivity index (χ4v) is 2.34. The van der Waals surface area contributed by atoms with Crippen molar-refractivity contribution in [3.63, 3.8) is 0 Å². The van der Waals surface area contributed by atoms with Gasteiger partial charge < -0.3 is 5.73 Å². The van der Waals surface area contributed by atoms with Crippen LogP contribution in [-0.2, 0) is 0 Å². The first-order valence-electron chi connectivity index (χ1n) is 6.52. The molecule has 0 atom stereocenters. The summed E-state index contributed by atoms with van der Waals surface area (Å²) in [6.45, 7) is 0. The van der Waals surface area contributed by atoms with Crippen LogP contribution >= 0.6 is 0 Å². The van der Waals surface area contributed by atoms with Gasteiger partial charge in [0, 0.05) is 22.9 Å². The summed E-state index contributed by atoms with van der Waals surface area (Å²) in [5.74, 6) is -0.454. The van der Waals surface area contributed by atoms with Crippen LogP contribution in [0.5, 0.6) is 0 Å². The first-order chi connectivity index (χ1) is 10.3. The summed E-state index contributed by atoms with van der Waals surface area (Å²) >= 11 is 0. The quantitative estimate of drug-likeness (QED) is 0.799. The minimum absolute atomic E-state index is 0.454. The number of carbonyl (C=O) groups is 1. The Hall–Kier alpha value is -3.01. The summed E-state index contributed by atoms with van der Waals surface area (Å²) in [6.07, 6.45) is 3.16. The van der Waals surface area contributed by atoms with Crippen molar-refractivity contribution in [1.29, 1.82) is 0 Å². The molecule has 0 unspecified atom stereocenters. The molecule has 0 fully saturated rings. The molecule has 1 amide bonds. The summed E-state index contributed by atoms with van der Waals surface area (Å²) in [6, 6.07) is 17.0. The lowest BCUT2D eigenvalue weighted by Crippen LogP contribution is -2.13. The number of nitrogens with zero attached hydrogens (tertiary/aromatic N) is 2. The Balaban J connectivity index is 2.31. The van der Waals surface area contributed by atoms with Crippen molar-refractivity contribution in [2.75, 3.05) is 0 Å². The van der Waals surface area contributed by atoms with Crippen LogP contribution in [0.2, 0.25) is 0 Å². The van der Waals surface area contributed by atoms with E-state index in [1.54, 1.807) is 12.3 Å². The van der Waals surface area contributed by atoms with E-state index in [2.05, 4.69) is 9.97 Å². The molecule has 0 radical (unpaired) electrons. The van der Waals surface area contributed by atoms with Gasteiger partial charge in [0.25, 0.3) is 0 Å². The van der Waals surface area contributed by atoms with Gasteiger partial charge in [-0.25, -0.2) is 9.97 Å². The average Bonchev–Trinajstić information content (AvgIpc) is 2.55. The van der Waals surface area contributed by atoms with Crippen molar-refractivity contribution in [2.45, 2.75) is 0 Å². The first kappa shape index (κ1) is 13.0. The van der Waals surface area contributed by atoms with Gasteiger partial charge in [0.1, 0.15) is 6.33 Å². The van der Waals surface area contributed by atoms with Gasteiger partial charge in [0.15, 0.2) is 0 Å². The van der Waals surface area contributed by atoms with E-state index in [1.807, 2.05) is 48.5 Å². The van der Waals surface area contributed by atoms with Gasteiger partial charge in [-0.3, -0.25) is 4.79 Å². The highest BCUT2D eigenvalue weighted by Crippen LogP contribution is 2.33. The summed E-state index contributed by atoms with van der Waals surface area (Å²) < 4.78 is 0. The standard InChI is InChI=1S/C17H13N3O/c18-17(21)14-8-4-7-13(15-9-10-19-11-20-15)16(14)12-5-2-1-3-6-12/h1-11H,(H2,18,21). The van der Waals surface area contributed by atoms with Gasteiger partial charge in [0.2, 0.25) is 5.91 Å². The molecule has 4 heteroatoms. The predicted molar refractivity (Wildman–Crippen MR) is 81.4 cm³/mol. The highest BCUT2D eigenvalue weighted by molar-refractivity contribution is 6.03. The predicted octanol–water partition coefficient (Wildman–Crippen LogP) is 2.91. The second-order valence-corrected chi connectivity index (χ2v) is 4.55. The van der Waals surface area contributed by atoms with E-state index in [0.717, 1.165) is 22.4 Å². The van der Waals surface area contributed by atoms with Crippen LogP contribution in [0.3, 0.4) is 0 Å². The number of aromatic nitrogens is 2. The third-order valence-corrected chi connectivity index (χ3v) is 3.25.